The molecule has 1 heterocycles. The van der Waals surface area contributed by atoms with Crippen LogP contribution in [0.15, 0.2) is 24.3 Å². The second kappa shape index (κ2) is 8.75. The molecule has 3 N–H and O–H groups in total. The molecule has 0 saturated carbocycles. The fraction of sp³-hybridized carbons (Fsp3) is 0.471. The van der Waals surface area contributed by atoms with Crippen molar-refractivity contribution in [1.82, 2.24) is 10.6 Å². The van der Waals surface area contributed by atoms with Crippen molar-refractivity contribution in [1.29, 1.82) is 0 Å². The van der Waals surface area contributed by atoms with Crippen LogP contribution in [0.25, 0.3) is 0 Å². The molecule has 1 aliphatic rings. The molecule has 0 radical (unpaired) electrons. The Kier molecular flexibility index (Phi) is 6.69. The molecule has 0 aliphatic carbocycles. The van der Waals surface area contributed by atoms with Crippen LogP contribution >= 0.6 is 12.2 Å². The Balaban J connectivity index is 1.82. The number of anilines is 1. The fourth-order valence-corrected chi connectivity index (χ4v) is 2.46. The molecule has 6 nitrogen and oxygen atoms in total. The van der Waals surface area contributed by atoms with Crippen LogP contribution in [-0.4, -0.2) is 36.2 Å². The van der Waals surface area contributed by atoms with Crippen molar-refractivity contribution in [3.05, 3.63) is 29.8 Å². The average molecular weight is 349 g/mol. The smallest absolute Gasteiger partial charge is 0.251 e. The van der Waals surface area contributed by atoms with E-state index < -0.39 is 0 Å². The lowest BCUT2D eigenvalue weighted by molar-refractivity contribution is -0.122. The standard InChI is InChI=1S/C17H23N3O3S/c1-11(2)15(21)20-17(24)19-13-7-5-12(6-8-13)16(22)18-10-14-4-3-9-23-14/h5-8,11,14H,3-4,9-10H2,1-2H3,(H,18,22)(H2,19,20,21,24)/t14-/m1/s1. The molecule has 1 aromatic carbocycles. The Bertz CT molecular complexity index is 596. The van der Waals surface area contributed by atoms with Gasteiger partial charge in [0.2, 0.25) is 5.91 Å². The van der Waals surface area contributed by atoms with E-state index >= 15 is 0 Å². The van der Waals surface area contributed by atoms with Gasteiger partial charge in [0.15, 0.2) is 5.11 Å². The van der Waals surface area contributed by atoms with Crippen LogP contribution in [0.4, 0.5) is 5.69 Å². The number of ether oxygens (including phenoxy) is 1. The van der Waals surface area contributed by atoms with Crippen molar-refractivity contribution >= 4 is 34.8 Å². The average Bonchev–Trinajstić information content (AvgIpc) is 3.06. The van der Waals surface area contributed by atoms with Gasteiger partial charge in [-0.1, -0.05) is 13.8 Å². The molecule has 2 amide bonds. The number of nitrogens with one attached hydrogen (secondary N) is 3. The molecule has 1 atom stereocenters. The van der Waals surface area contributed by atoms with E-state index in [0.29, 0.717) is 17.8 Å². The number of thiocarbonyl (C=S) groups is 1. The van der Waals surface area contributed by atoms with E-state index in [1.165, 1.54) is 0 Å². The Morgan fingerprint density at radius 2 is 2.00 bits per heavy atom. The van der Waals surface area contributed by atoms with Crippen molar-refractivity contribution < 1.29 is 14.3 Å². The van der Waals surface area contributed by atoms with Gasteiger partial charge < -0.3 is 20.7 Å². The molecule has 0 aromatic heterocycles. The Morgan fingerprint density at radius 1 is 1.29 bits per heavy atom. The van der Waals surface area contributed by atoms with Crippen LogP contribution in [0.2, 0.25) is 0 Å². The van der Waals surface area contributed by atoms with Crippen LogP contribution in [0, 0.1) is 5.92 Å². The van der Waals surface area contributed by atoms with E-state index in [9.17, 15) is 9.59 Å². The largest absolute Gasteiger partial charge is 0.376 e. The second-order valence-corrected chi connectivity index (χ2v) is 6.43. The Morgan fingerprint density at radius 3 is 2.58 bits per heavy atom. The van der Waals surface area contributed by atoms with Crippen LogP contribution < -0.4 is 16.0 Å². The van der Waals surface area contributed by atoms with Crippen LogP contribution in [-0.2, 0) is 9.53 Å². The van der Waals surface area contributed by atoms with E-state index in [1.54, 1.807) is 38.1 Å². The van der Waals surface area contributed by atoms with Gasteiger partial charge in [0.25, 0.3) is 5.91 Å². The number of carbonyl (C=O) groups excluding carboxylic acids is 2. The predicted octanol–water partition coefficient (Wildman–Crippen LogP) is 2.06. The Labute approximate surface area is 147 Å². The highest BCUT2D eigenvalue weighted by molar-refractivity contribution is 7.80. The van der Waals surface area contributed by atoms with Gasteiger partial charge in [0.1, 0.15) is 0 Å². The molecule has 0 unspecified atom stereocenters. The summed E-state index contributed by atoms with van der Waals surface area (Å²) in [6.45, 7) is 4.89. The quantitative estimate of drug-likeness (QED) is 0.709. The van der Waals surface area contributed by atoms with Crippen LogP contribution in [0.1, 0.15) is 37.0 Å². The fourth-order valence-electron chi connectivity index (χ4n) is 2.24. The number of carbonyl (C=O) groups is 2. The first-order valence-electron chi connectivity index (χ1n) is 8.07. The summed E-state index contributed by atoms with van der Waals surface area (Å²) in [6.07, 6.45) is 2.16. The lowest BCUT2D eigenvalue weighted by Crippen LogP contribution is -2.36. The van der Waals surface area contributed by atoms with Gasteiger partial charge in [-0.3, -0.25) is 9.59 Å². The molecule has 1 saturated heterocycles. The highest BCUT2D eigenvalue weighted by Gasteiger charge is 2.16. The predicted molar refractivity (Wildman–Crippen MR) is 97.0 cm³/mol. The van der Waals surface area contributed by atoms with E-state index in [2.05, 4.69) is 16.0 Å². The van der Waals surface area contributed by atoms with Crippen molar-refractivity contribution in [2.45, 2.75) is 32.8 Å². The van der Waals surface area contributed by atoms with Gasteiger partial charge in [-0.2, -0.15) is 0 Å². The molecule has 0 spiro atoms. The lowest BCUT2D eigenvalue weighted by Gasteiger charge is -2.12. The number of hydrogen-bond donors (Lipinski definition) is 3. The van der Waals surface area contributed by atoms with Gasteiger partial charge >= 0.3 is 0 Å². The normalized spacial score (nSPS) is 16.7. The van der Waals surface area contributed by atoms with Crippen LogP contribution in [0.5, 0.6) is 0 Å². The van der Waals surface area contributed by atoms with Crippen molar-refractivity contribution in [2.75, 3.05) is 18.5 Å². The third kappa shape index (κ3) is 5.58. The minimum Gasteiger partial charge on any atom is -0.376 e. The van der Waals surface area contributed by atoms with E-state index in [1.807, 2.05) is 0 Å². The SMILES string of the molecule is CC(C)C(=O)NC(=S)Nc1ccc(C(=O)NC[C@H]2CCCO2)cc1. The van der Waals surface area contributed by atoms with Crippen molar-refractivity contribution in [3.63, 3.8) is 0 Å². The first kappa shape index (κ1) is 18.4. The lowest BCUT2D eigenvalue weighted by atomic mass is 10.2. The summed E-state index contributed by atoms with van der Waals surface area (Å²) >= 11 is 5.08. The van der Waals surface area contributed by atoms with E-state index in [4.69, 9.17) is 17.0 Å². The summed E-state index contributed by atoms with van der Waals surface area (Å²) in [5, 5.41) is 8.64. The van der Waals surface area contributed by atoms with Gasteiger partial charge in [0.05, 0.1) is 6.10 Å². The zero-order valence-electron chi connectivity index (χ0n) is 13.9. The van der Waals surface area contributed by atoms with Gasteiger partial charge in [-0.25, -0.2) is 0 Å². The zero-order chi connectivity index (χ0) is 17.5. The number of rotatable bonds is 5. The summed E-state index contributed by atoms with van der Waals surface area (Å²) in [4.78, 5) is 23.7. The summed E-state index contributed by atoms with van der Waals surface area (Å²) in [7, 11) is 0. The molecular weight excluding hydrogens is 326 g/mol. The molecular formula is C17H23N3O3S. The van der Waals surface area contributed by atoms with Gasteiger partial charge in [0, 0.05) is 30.3 Å². The maximum absolute atomic E-state index is 12.1. The molecule has 1 fully saturated rings. The Hall–Kier alpha value is -1.99. The van der Waals surface area contributed by atoms with E-state index in [-0.39, 0.29) is 28.9 Å². The zero-order valence-corrected chi connectivity index (χ0v) is 14.7. The maximum Gasteiger partial charge on any atom is 0.251 e. The first-order valence-corrected chi connectivity index (χ1v) is 8.48. The van der Waals surface area contributed by atoms with Crippen molar-refractivity contribution in [3.8, 4) is 0 Å². The minimum absolute atomic E-state index is 0.122. The third-order valence-corrected chi connectivity index (χ3v) is 3.88. The second-order valence-electron chi connectivity index (χ2n) is 6.02. The molecule has 24 heavy (non-hydrogen) atoms. The summed E-state index contributed by atoms with van der Waals surface area (Å²) in [5.41, 5.74) is 1.27. The van der Waals surface area contributed by atoms with Crippen LogP contribution in [0.3, 0.4) is 0 Å². The molecule has 1 aliphatic heterocycles. The molecule has 0 bridgehead atoms. The number of benzene rings is 1. The van der Waals surface area contributed by atoms with Crippen molar-refractivity contribution in [2.24, 2.45) is 5.92 Å². The minimum atomic E-state index is -0.141. The molecule has 1 aromatic rings. The third-order valence-electron chi connectivity index (χ3n) is 3.68. The summed E-state index contributed by atoms with van der Waals surface area (Å²) < 4.78 is 5.48. The molecule has 7 heteroatoms. The summed E-state index contributed by atoms with van der Waals surface area (Å²) in [6, 6.07) is 6.91. The number of hydrogen-bond acceptors (Lipinski definition) is 4. The monoisotopic (exact) mass is 349 g/mol. The first-order chi connectivity index (χ1) is 11.5. The highest BCUT2D eigenvalue weighted by Crippen LogP contribution is 2.12. The van der Waals surface area contributed by atoms with E-state index in [0.717, 1.165) is 19.4 Å². The summed E-state index contributed by atoms with van der Waals surface area (Å²) in [5.74, 6) is -0.412. The molecule has 2 rings (SSSR count). The topological polar surface area (TPSA) is 79.5 Å². The van der Waals surface area contributed by atoms with Gasteiger partial charge in [-0.05, 0) is 49.3 Å². The maximum atomic E-state index is 12.1. The van der Waals surface area contributed by atoms with Gasteiger partial charge in [-0.15, -0.1) is 0 Å². The molecule has 130 valence electrons. The highest BCUT2D eigenvalue weighted by atomic mass is 32.1. The number of amides is 2.